The third kappa shape index (κ3) is 4.50. The number of fused-ring (bicyclic) bond motifs is 1. The zero-order valence-electron chi connectivity index (χ0n) is 18.8. The zero-order chi connectivity index (χ0) is 24.4. The van der Waals surface area contributed by atoms with Crippen molar-refractivity contribution in [2.75, 3.05) is 17.7 Å². The molecule has 0 atom stereocenters. The van der Waals surface area contributed by atoms with Crippen molar-refractivity contribution in [2.24, 2.45) is 5.41 Å². The molecule has 3 aromatic carbocycles. The lowest BCUT2D eigenvalue weighted by Crippen LogP contribution is -2.35. The summed E-state index contributed by atoms with van der Waals surface area (Å²) in [4.78, 5) is 29.9. The molecule has 1 aliphatic rings. The van der Waals surface area contributed by atoms with E-state index in [0.717, 1.165) is 5.39 Å². The number of carbonyl (C=O) groups is 2. The maximum atomic E-state index is 13.9. The van der Waals surface area contributed by atoms with Crippen molar-refractivity contribution in [3.05, 3.63) is 84.8 Å². The summed E-state index contributed by atoms with van der Waals surface area (Å²) >= 11 is 0. The number of carbonyl (C=O) groups excluding carboxylic acids is 2. The number of aromatic nitrogens is 1. The molecule has 8 heteroatoms. The van der Waals surface area contributed by atoms with E-state index in [9.17, 15) is 14.0 Å². The van der Waals surface area contributed by atoms with E-state index in [4.69, 9.17) is 9.47 Å². The first-order valence-corrected chi connectivity index (χ1v) is 11.0. The molecule has 35 heavy (non-hydrogen) atoms. The van der Waals surface area contributed by atoms with Gasteiger partial charge in [0, 0.05) is 29.4 Å². The number of pyridine rings is 1. The van der Waals surface area contributed by atoms with Gasteiger partial charge < -0.3 is 20.1 Å². The summed E-state index contributed by atoms with van der Waals surface area (Å²) in [6, 6.07) is 21.0. The number of ether oxygens (including phenoxy) is 2. The number of benzene rings is 3. The Morgan fingerprint density at radius 2 is 1.77 bits per heavy atom. The lowest BCUT2D eigenvalue weighted by Gasteiger charge is -2.16. The molecule has 1 aromatic heterocycles. The third-order valence-corrected chi connectivity index (χ3v) is 5.91. The average Bonchev–Trinajstić information content (AvgIpc) is 3.69. The van der Waals surface area contributed by atoms with Gasteiger partial charge in [-0.25, -0.2) is 4.39 Å². The lowest BCUT2D eigenvalue weighted by molar-refractivity contribution is -0.131. The fourth-order valence-corrected chi connectivity index (χ4v) is 3.72. The van der Waals surface area contributed by atoms with E-state index in [1.165, 1.54) is 18.2 Å². The van der Waals surface area contributed by atoms with Crippen LogP contribution in [0.1, 0.15) is 12.8 Å². The van der Waals surface area contributed by atoms with Crippen molar-refractivity contribution in [1.29, 1.82) is 0 Å². The van der Waals surface area contributed by atoms with E-state index in [1.54, 1.807) is 61.8 Å². The molecule has 0 unspecified atom stereocenters. The van der Waals surface area contributed by atoms with E-state index in [0.29, 0.717) is 41.3 Å². The predicted molar refractivity (Wildman–Crippen MR) is 129 cm³/mol. The molecule has 175 valence electrons. The van der Waals surface area contributed by atoms with Crippen LogP contribution in [0, 0.1) is 17.3 Å². The number of methoxy groups -OCH3 is 1. The van der Waals surface area contributed by atoms with Crippen LogP contribution in [0.25, 0.3) is 10.9 Å². The number of amides is 2. The van der Waals surface area contributed by atoms with E-state index in [-0.39, 0.29) is 5.69 Å². The lowest BCUT2D eigenvalue weighted by atomic mass is 10.0. The van der Waals surface area contributed by atoms with E-state index in [2.05, 4.69) is 21.7 Å². The molecule has 2 N–H and O–H groups in total. The number of nitrogens with one attached hydrogen (secondary N) is 2. The van der Waals surface area contributed by atoms with Crippen LogP contribution in [-0.4, -0.2) is 23.9 Å². The van der Waals surface area contributed by atoms with Crippen molar-refractivity contribution < 1.29 is 23.5 Å². The first kappa shape index (κ1) is 22.3. The van der Waals surface area contributed by atoms with Gasteiger partial charge in [-0.1, -0.05) is 12.1 Å². The Bertz CT molecular complexity index is 1420. The minimum atomic E-state index is -1.20. The molecular formula is C27H21FN3O4. The number of halogens is 1. The largest absolute Gasteiger partial charge is 0.496 e. The van der Waals surface area contributed by atoms with Gasteiger partial charge in [-0.3, -0.25) is 14.6 Å². The molecule has 0 bridgehead atoms. The quantitative estimate of drug-likeness (QED) is 0.356. The summed E-state index contributed by atoms with van der Waals surface area (Å²) in [6.07, 6.45) is 2.45. The minimum Gasteiger partial charge on any atom is -0.496 e. The molecule has 1 aliphatic carbocycles. The van der Waals surface area contributed by atoms with Crippen LogP contribution in [0.15, 0.2) is 72.9 Å². The highest BCUT2D eigenvalue weighted by Crippen LogP contribution is 2.47. The van der Waals surface area contributed by atoms with Crippen LogP contribution in [0.4, 0.5) is 15.8 Å². The Balaban J connectivity index is 1.26. The summed E-state index contributed by atoms with van der Waals surface area (Å²) in [5, 5.41) is 6.09. The molecule has 5 rings (SSSR count). The maximum absolute atomic E-state index is 13.9. The summed E-state index contributed by atoms with van der Waals surface area (Å²) in [5.74, 6) is 0.254. The van der Waals surface area contributed by atoms with Crippen molar-refractivity contribution in [3.63, 3.8) is 0 Å². The highest BCUT2D eigenvalue weighted by molar-refractivity contribution is 6.16. The molecular weight excluding hydrogens is 449 g/mol. The van der Waals surface area contributed by atoms with Crippen LogP contribution < -0.4 is 20.1 Å². The van der Waals surface area contributed by atoms with Crippen LogP contribution in [0.3, 0.4) is 0 Å². The molecule has 1 fully saturated rings. The molecule has 1 saturated carbocycles. The topological polar surface area (TPSA) is 89.5 Å². The van der Waals surface area contributed by atoms with Gasteiger partial charge in [-0.2, -0.15) is 0 Å². The second-order valence-corrected chi connectivity index (χ2v) is 8.21. The average molecular weight is 470 g/mol. The Morgan fingerprint density at radius 3 is 2.49 bits per heavy atom. The standard InChI is InChI=1S/C27H21FN3O4/c1-34-19-10-11-20-23(16-19)29-15-12-24(20)35-18-8-6-17(7-9-18)30-25(32)27(13-14-27)26(33)31-22-5-3-2-4-21(22)28/h2-9,11-12,15-16H,13-14H2,1H3,(H,30,32)(H,31,33). The summed E-state index contributed by atoms with van der Waals surface area (Å²) < 4.78 is 25.1. The van der Waals surface area contributed by atoms with Crippen molar-refractivity contribution in [3.8, 4) is 17.2 Å². The molecule has 0 aliphatic heterocycles. The first-order chi connectivity index (χ1) is 17.0. The normalized spacial score (nSPS) is 13.7. The zero-order valence-corrected chi connectivity index (χ0v) is 18.8. The molecule has 1 radical (unpaired) electrons. The summed E-state index contributed by atoms with van der Waals surface area (Å²) in [6.45, 7) is 0. The number of para-hydroxylation sites is 1. The Kier molecular flexibility index (Phi) is 5.78. The number of hydrogen-bond donors (Lipinski definition) is 2. The van der Waals surface area contributed by atoms with Gasteiger partial charge in [0.25, 0.3) is 0 Å². The predicted octanol–water partition coefficient (Wildman–Crippen LogP) is 5.33. The van der Waals surface area contributed by atoms with Gasteiger partial charge in [0.15, 0.2) is 0 Å². The minimum absolute atomic E-state index is 0.0535. The number of hydrogen-bond acceptors (Lipinski definition) is 5. The van der Waals surface area contributed by atoms with E-state index >= 15 is 0 Å². The smallest absolute Gasteiger partial charge is 0.240 e. The third-order valence-electron chi connectivity index (χ3n) is 5.91. The van der Waals surface area contributed by atoms with Gasteiger partial charge in [-0.15, -0.1) is 0 Å². The van der Waals surface area contributed by atoms with E-state index < -0.39 is 23.0 Å². The SMILES string of the molecule is COc1[c]cc2c(Oc3ccc(NC(=O)C4(C(=O)Nc5ccccc5F)CC4)cc3)ccnc2c1. The van der Waals surface area contributed by atoms with Crippen molar-refractivity contribution in [1.82, 2.24) is 4.98 Å². The number of anilines is 2. The fraction of sp³-hybridized carbons (Fsp3) is 0.148. The molecule has 1 heterocycles. The Hall–Kier alpha value is -4.46. The first-order valence-electron chi connectivity index (χ1n) is 11.0. The van der Waals surface area contributed by atoms with E-state index in [1.807, 2.05) is 0 Å². The molecule has 2 amide bonds. The monoisotopic (exact) mass is 470 g/mol. The van der Waals surface area contributed by atoms with Crippen LogP contribution in [-0.2, 0) is 9.59 Å². The highest BCUT2D eigenvalue weighted by atomic mass is 19.1. The van der Waals surface area contributed by atoms with Gasteiger partial charge in [-0.05, 0) is 61.4 Å². The second kappa shape index (κ2) is 9.06. The van der Waals surface area contributed by atoms with Crippen LogP contribution in [0.2, 0.25) is 0 Å². The van der Waals surface area contributed by atoms with Crippen molar-refractivity contribution in [2.45, 2.75) is 12.8 Å². The summed E-state index contributed by atoms with van der Waals surface area (Å²) in [5.41, 5.74) is 0.0819. The summed E-state index contributed by atoms with van der Waals surface area (Å²) in [7, 11) is 1.57. The Morgan fingerprint density at radius 1 is 1.03 bits per heavy atom. The maximum Gasteiger partial charge on any atom is 0.240 e. The number of nitrogens with zero attached hydrogens (tertiary/aromatic N) is 1. The van der Waals surface area contributed by atoms with Crippen LogP contribution >= 0.6 is 0 Å². The molecule has 7 nitrogen and oxygen atoms in total. The van der Waals surface area contributed by atoms with Gasteiger partial charge in [0.2, 0.25) is 11.8 Å². The van der Waals surface area contributed by atoms with Crippen molar-refractivity contribution >= 4 is 34.1 Å². The van der Waals surface area contributed by atoms with Gasteiger partial charge in [0.1, 0.15) is 28.5 Å². The van der Waals surface area contributed by atoms with Gasteiger partial charge >= 0.3 is 0 Å². The second-order valence-electron chi connectivity index (χ2n) is 8.21. The molecule has 4 aromatic rings. The number of rotatable bonds is 7. The molecule has 0 spiro atoms. The van der Waals surface area contributed by atoms with Gasteiger partial charge in [0.05, 0.1) is 18.3 Å². The fourth-order valence-electron chi connectivity index (χ4n) is 3.72. The Labute approximate surface area is 200 Å². The van der Waals surface area contributed by atoms with Crippen LogP contribution in [0.5, 0.6) is 17.2 Å². The highest BCUT2D eigenvalue weighted by Gasteiger charge is 2.56. The molecule has 0 saturated heterocycles.